The maximum Gasteiger partial charge on any atom is 0.303 e. The highest BCUT2D eigenvalue weighted by atomic mass is 32.2. The first kappa shape index (κ1) is 25.7. The van der Waals surface area contributed by atoms with Crippen molar-refractivity contribution < 1.29 is 33.3 Å². The molecule has 0 saturated carbocycles. The standard InChI is InChI=1S/C20H23N5O7S2/c1-9(26)29-8-13-15(30-10(2)27)16(31-11(3)28)19(32-13)25-12(6-7-21)14-17(24-25)22-20(34-5)23-18(14)33-4/h13,15-16,19H,6,8H2,1-5H3/t13-,15-,16-,19-/m1/s1. The Morgan fingerprint density at radius 1 is 1.06 bits per heavy atom. The average Bonchev–Trinajstić information content (AvgIpc) is 3.29. The molecule has 0 spiro atoms. The van der Waals surface area contributed by atoms with Crippen LogP contribution in [-0.4, -0.2) is 75.1 Å². The van der Waals surface area contributed by atoms with E-state index < -0.39 is 42.4 Å². The molecule has 0 amide bonds. The molecule has 0 bridgehead atoms. The van der Waals surface area contributed by atoms with Crippen molar-refractivity contribution in [1.29, 1.82) is 5.26 Å². The van der Waals surface area contributed by atoms with Gasteiger partial charge in [-0.3, -0.25) is 14.4 Å². The molecule has 0 aromatic carbocycles. The number of carbonyl (C=O) groups excluding carboxylic acids is 3. The third-order valence-corrected chi connectivity index (χ3v) is 6.04. The molecule has 2 aromatic heterocycles. The lowest BCUT2D eigenvalue weighted by molar-refractivity contribution is -0.166. The fraction of sp³-hybridized carbons (Fsp3) is 0.550. The van der Waals surface area contributed by atoms with E-state index in [9.17, 15) is 19.6 Å². The number of aromatic nitrogens is 4. The van der Waals surface area contributed by atoms with Gasteiger partial charge >= 0.3 is 17.9 Å². The summed E-state index contributed by atoms with van der Waals surface area (Å²) in [6.07, 6.45) is -0.625. The van der Waals surface area contributed by atoms with Crippen molar-refractivity contribution in [3.63, 3.8) is 0 Å². The number of nitrogens with zero attached hydrogens (tertiary/aromatic N) is 5. The fourth-order valence-electron chi connectivity index (χ4n) is 3.60. The van der Waals surface area contributed by atoms with Crippen LogP contribution in [0, 0.1) is 11.3 Å². The Balaban J connectivity index is 2.17. The number of hydrogen-bond acceptors (Lipinski definition) is 13. The van der Waals surface area contributed by atoms with Gasteiger partial charge in [0.05, 0.1) is 23.6 Å². The summed E-state index contributed by atoms with van der Waals surface area (Å²) in [5.41, 5.74) is 0.790. The fourth-order valence-corrected chi connectivity index (χ4v) is 4.60. The summed E-state index contributed by atoms with van der Waals surface area (Å²) in [5.74, 6) is -1.84. The zero-order chi connectivity index (χ0) is 25.0. The molecule has 0 radical (unpaired) electrons. The van der Waals surface area contributed by atoms with E-state index in [0.29, 0.717) is 26.9 Å². The SMILES string of the molecule is CSc1nc(SC)c2c(CC#N)n([C@@H]3O[C@H](COC(C)=O)[C@@H](OC(C)=O)[C@H]3OC(C)=O)nc2n1. The molecule has 1 fully saturated rings. The Bertz CT molecular complexity index is 1150. The lowest BCUT2D eigenvalue weighted by Crippen LogP contribution is -2.40. The normalized spacial score (nSPS) is 21.8. The lowest BCUT2D eigenvalue weighted by Gasteiger charge is -2.23. The molecule has 1 aliphatic heterocycles. The summed E-state index contributed by atoms with van der Waals surface area (Å²) in [7, 11) is 0. The first-order valence-electron chi connectivity index (χ1n) is 10.1. The monoisotopic (exact) mass is 509 g/mol. The molecule has 12 nitrogen and oxygen atoms in total. The van der Waals surface area contributed by atoms with Crippen LogP contribution < -0.4 is 0 Å². The van der Waals surface area contributed by atoms with Gasteiger partial charge in [-0.25, -0.2) is 14.6 Å². The van der Waals surface area contributed by atoms with Crippen LogP contribution in [0.25, 0.3) is 11.0 Å². The lowest BCUT2D eigenvalue weighted by atomic mass is 10.1. The minimum atomic E-state index is -1.13. The van der Waals surface area contributed by atoms with Crippen LogP contribution in [0.5, 0.6) is 0 Å². The van der Waals surface area contributed by atoms with Crippen molar-refractivity contribution in [3.8, 4) is 6.07 Å². The van der Waals surface area contributed by atoms with Crippen LogP contribution in [0.2, 0.25) is 0 Å². The van der Waals surface area contributed by atoms with Gasteiger partial charge in [-0.2, -0.15) is 5.26 Å². The molecule has 0 unspecified atom stereocenters. The summed E-state index contributed by atoms with van der Waals surface area (Å²) >= 11 is 2.72. The highest BCUT2D eigenvalue weighted by Crippen LogP contribution is 2.38. The molecule has 4 atom stereocenters. The van der Waals surface area contributed by atoms with Crippen molar-refractivity contribution in [1.82, 2.24) is 19.7 Å². The maximum atomic E-state index is 11.9. The highest BCUT2D eigenvalue weighted by molar-refractivity contribution is 7.99. The topological polar surface area (TPSA) is 156 Å². The third kappa shape index (κ3) is 5.43. The van der Waals surface area contributed by atoms with Crippen LogP contribution in [-0.2, 0) is 39.8 Å². The van der Waals surface area contributed by atoms with Gasteiger partial charge in [0, 0.05) is 20.8 Å². The number of esters is 3. The van der Waals surface area contributed by atoms with Crippen LogP contribution in [0.1, 0.15) is 32.7 Å². The van der Waals surface area contributed by atoms with Crippen LogP contribution >= 0.6 is 23.5 Å². The number of ether oxygens (including phenoxy) is 4. The minimum Gasteiger partial charge on any atom is -0.463 e. The van der Waals surface area contributed by atoms with Crippen molar-refractivity contribution in [2.24, 2.45) is 0 Å². The molecule has 182 valence electrons. The number of nitriles is 1. The van der Waals surface area contributed by atoms with Crippen molar-refractivity contribution in [3.05, 3.63) is 5.69 Å². The quantitative estimate of drug-likeness (QED) is 0.167. The van der Waals surface area contributed by atoms with E-state index in [0.717, 1.165) is 0 Å². The van der Waals surface area contributed by atoms with Gasteiger partial charge < -0.3 is 18.9 Å². The van der Waals surface area contributed by atoms with Gasteiger partial charge in [-0.05, 0) is 12.5 Å². The van der Waals surface area contributed by atoms with Crippen molar-refractivity contribution in [2.45, 2.75) is 61.9 Å². The molecule has 0 aliphatic carbocycles. The van der Waals surface area contributed by atoms with E-state index in [-0.39, 0.29) is 13.0 Å². The highest BCUT2D eigenvalue weighted by Gasteiger charge is 2.51. The predicted molar refractivity (Wildman–Crippen MR) is 120 cm³/mol. The van der Waals surface area contributed by atoms with Gasteiger partial charge in [0.1, 0.15) is 17.7 Å². The van der Waals surface area contributed by atoms with E-state index in [1.54, 1.807) is 0 Å². The predicted octanol–water partition coefficient (Wildman–Crippen LogP) is 1.66. The third-order valence-electron chi connectivity index (χ3n) is 4.81. The second kappa shape index (κ2) is 11.0. The van der Waals surface area contributed by atoms with Gasteiger partial charge in [0.25, 0.3) is 0 Å². The van der Waals surface area contributed by atoms with E-state index in [2.05, 4.69) is 21.1 Å². The molecule has 2 aromatic rings. The first-order valence-corrected chi connectivity index (χ1v) is 12.5. The number of carbonyl (C=O) groups is 3. The number of hydrogen-bond donors (Lipinski definition) is 0. The molecular formula is C20H23N5O7S2. The van der Waals surface area contributed by atoms with Crippen LogP contribution in [0.4, 0.5) is 0 Å². The number of rotatable bonds is 8. The molecule has 14 heteroatoms. The number of thioether (sulfide) groups is 2. The van der Waals surface area contributed by atoms with Gasteiger partial charge in [0.2, 0.25) is 0 Å². The summed E-state index contributed by atoms with van der Waals surface area (Å²) in [6.45, 7) is 3.39. The Labute approximate surface area is 203 Å². The molecular weight excluding hydrogens is 486 g/mol. The van der Waals surface area contributed by atoms with E-state index in [4.69, 9.17) is 18.9 Å². The Morgan fingerprint density at radius 3 is 2.29 bits per heavy atom. The van der Waals surface area contributed by atoms with Crippen LogP contribution in [0.3, 0.4) is 0 Å². The Morgan fingerprint density at radius 2 is 1.74 bits per heavy atom. The van der Waals surface area contributed by atoms with Crippen molar-refractivity contribution >= 4 is 52.5 Å². The zero-order valence-electron chi connectivity index (χ0n) is 19.1. The molecule has 1 saturated heterocycles. The average molecular weight is 510 g/mol. The Kier molecular flexibility index (Phi) is 8.34. The maximum absolute atomic E-state index is 11.9. The Hall–Kier alpha value is -2.89. The van der Waals surface area contributed by atoms with Crippen molar-refractivity contribution in [2.75, 3.05) is 19.1 Å². The molecule has 1 aliphatic rings. The minimum absolute atomic E-state index is 0.0640. The van der Waals surface area contributed by atoms with Gasteiger partial charge in [-0.15, -0.1) is 16.9 Å². The molecule has 0 N–H and O–H groups in total. The summed E-state index contributed by atoms with van der Waals surface area (Å²) < 4.78 is 23.4. The molecule has 34 heavy (non-hydrogen) atoms. The van der Waals surface area contributed by atoms with E-state index in [1.165, 1.54) is 49.0 Å². The molecule has 3 rings (SSSR count). The van der Waals surface area contributed by atoms with Crippen LogP contribution in [0.15, 0.2) is 10.2 Å². The summed E-state index contributed by atoms with van der Waals surface area (Å²) in [4.78, 5) is 44.1. The van der Waals surface area contributed by atoms with Gasteiger partial charge in [-0.1, -0.05) is 11.8 Å². The number of fused-ring (bicyclic) bond motifs is 1. The summed E-state index contributed by atoms with van der Waals surface area (Å²) in [6, 6.07) is 2.11. The van der Waals surface area contributed by atoms with E-state index in [1.807, 2.05) is 12.5 Å². The molecule has 3 heterocycles. The largest absolute Gasteiger partial charge is 0.463 e. The first-order chi connectivity index (χ1) is 16.2. The van der Waals surface area contributed by atoms with Gasteiger partial charge in [0.15, 0.2) is 29.2 Å². The second-order valence-corrected chi connectivity index (χ2v) is 8.73. The van der Waals surface area contributed by atoms with E-state index >= 15 is 0 Å². The zero-order valence-corrected chi connectivity index (χ0v) is 20.8. The second-order valence-electron chi connectivity index (χ2n) is 7.16. The summed E-state index contributed by atoms with van der Waals surface area (Å²) in [5, 5.41) is 15.8. The smallest absolute Gasteiger partial charge is 0.303 e.